The van der Waals surface area contributed by atoms with Gasteiger partial charge in [-0.3, -0.25) is 4.79 Å². The van der Waals surface area contributed by atoms with Gasteiger partial charge in [0.15, 0.2) is 0 Å². The predicted molar refractivity (Wildman–Crippen MR) is 81.1 cm³/mol. The quantitative estimate of drug-likeness (QED) is 0.491. The minimum Gasteiger partial charge on any atom is -0.465 e. The summed E-state index contributed by atoms with van der Waals surface area (Å²) in [6.45, 7) is 2.09. The van der Waals surface area contributed by atoms with Crippen molar-refractivity contribution < 1.29 is 23.9 Å². The van der Waals surface area contributed by atoms with E-state index in [1.54, 1.807) is 31.2 Å². The zero-order valence-corrected chi connectivity index (χ0v) is 12.6. The smallest absolute Gasteiger partial charge is 0.346 e. The van der Waals surface area contributed by atoms with Gasteiger partial charge in [0.1, 0.15) is 0 Å². The number of thioether (sulfide) groups is 1. The van der Waals surface area contributed by atoms with Crippen LogP contribution in [0.4, 0.5) is 0 Å². The Bertz CT molecular complexity index is 776. The summed E-state index contributed by atoms with van der Waals surface area (Å²) in [6.07, 6.45) is 0. The maximum Gasteiger partial charge on any atom is 0.346 e. The number of rotatable bonds is 4. The summed E-state index contributed by atoms with van der Waals surface area (Å²) < 4.78 is 9.62. The molecule has 0 bridgehead atoms. The zero-order chi connectivity index (χ0) is 15.7. The molecule has 0 fully saturated rings. The lowest BCUT2D eigenvalue weighted by Crippen LogP contribution is -2.19. The van der Waals surface area contributed by atoms with Crippen LogP contribution in [0.2, 0.25) is 0 Å². The van der Waals surface area contributed by atoms with Crippen molar-refractivity contribution >= 4 is 40.4 Å². The molecular formula is C16H12O5S. The van der Waals surface area contributed by atoms with Crippen molar-refractivity contribution in [3.05, 3.63) is 41.5 Å². The Hall–Kier alpha value is -2.34. The minimum absolute atomic E-state index is 0.172. The minimum atomic E-state index is -0.643. The number of cyclic esters (lactones) is 2. The van der Waals surface area contributed by atoms with Crippen molar-refractivity contribution in [1.82, 2.24) is 0 Å². The maximum absolute atomic E-state index is 11.8. The van der Waals surface area contributed by atoms with E-state index in [9.17, 15) is 14.4 Å². The van der Waals surface area contributed by atoms with Gasteiger partial charge in [-0.1, -0.05) is 12.1 Å². The van der Waals surface area contributed by atoms with E-state index in [0.717, 1.165) is 10.3 Å². The van der Waals surface area contributed by atoms with Gasteiger partial charge in [0.2, 0.25) is 0 Å². The summed E-state index contributed by atoms with van der Waals surface area (Å²) in [5.41, 5.74) is 0.733. The highest BCUT2D eigenvalue weighted by atomic mass is 32.2. The normalized spacial score (nSPS) is 13.1. The molecule has 0 N–H and O–H groups in total. The molecule has 0 amide bonds. The fraction of sp³-hybridized carbons (Fsp3) is 0.188. The lowest BCUT2D eigenvalue weighted by molar-refractivity contribution is -0.139. The van der Waals surface area contributed by atoms with E-state index < -0.39 is 11.9 Å². The van der Waals surface area contributed by atoms with Crippen molar-refractivity contribution in [2.45, 2.75) is 11.8 Å². The largest absolute Gasteiger partial charge is 0.465 e. The molecule has 6 heteroatoms. The van der Waals surface area contributed by atoms with E-state index in [4.69, 9.17) is 9.47 Å². The average molecular weight is 316 g/mol. The van der Waals surface area contributed by atoms with Crippen molar-refractivity contribution in [2.24, 2.45) is 0 Å². The molecule has 1 aliphatic rings. The number of benzene rings is 2. The predicted octanol–water partition coefficient (Wildman–Crippen LogP) is 2.81. The van der Waals surface area contributed by atoms with Gasteiger partial charge in [0.25, 0.3) is 0 Å². The second-order valence-electron chi connectivity index (χ2n) is 4.61. The Morgan fingerprint density at radius 2 is 1.86 bits per heavy atom. The Kier molecular flexibility index (Phi) is 3.85. The molecule has 1 heterocycles. The zero-order valence-electron chi connectivity index (χ0n) is 11.8. The molecule has 0 aromatic heterocycles. The third-order valence-corrected chi connectivity index (χ3v) is 4.32. The molecule has 2 aromatic carbocycles. The first-order valence-electron chi connectivity index (χ1n) is 6.72. The lowest BCUT2D eigenvalue weighted by atomic mass is 9.97. The summed E-state index contributed by atoms with van der Waals surface area (Å²) in [4.78, 5) is 35.9. The summed E-state index contributed by atoms with van der Waals surface area (Å²) in [6, 6.07) is 8.55. The highest BCUT2D eigenvalue weighted by Gasteiger charge is 2.27. The fourth-order valence-corrected chi connectivity index (χ4v) is 3.23. The van der Waals surface area contributed by atoms with Crippen LogP contribution in [0.25, 0.3) is 10.8 Å². The van der Waals surface area contributed by atoms with E-state index in [1.807, 2.05) is 6.07 Å². The molecule has 0 atom stereocenters. The number of esters is 3. The van der Waals surface area contributed by atoms with Crippen molar-refractivity contribution in [3.8, 4) is 0 Å². The van der Waals surface area contributed by atoms with Crippen LogP contribution in [-0.2, 0) is 14.3 Å². The standard InChI is InChI=1S/C16H12O5S/c1-2-20-13(17)8-22-12-7-6-11-14-9(12)4-3-5-10(14)15(18)21-16(11)19/h3-7H,2,8H2,1H3. The molecule has 0 aliphatic carbocycles. The van der Waals surface area contributed by atoms with E-state index in [-0.39, 0.29) is 11.7 Å². The second kappa shape index (κ2) is 5.81. The van der Waals surface area contributed by atoms with Gasteiger partial charge >= 0.3 is 17.9 Å². The highest BCUT2D eigenvalue weighted by Crippen LogP contribution is 2.35. The second-order valence-corrected chi connectivity index (χ2v) is 5.63. The number of ether oxygens (including phenoxy) is 2. The summed E-state index contributed by atoms with van der Waals surface area (Å²) >= 11 is 1.31. The lowest BCUT2D eigenvalue weighted by Gasteiger charge is -2.17. The van der Waals surface area contributed by atoms with Crippen LogP contribution in [0.3, 0.4) is 0 Å². The monoisotopic (exact) mass is 316 g/mol. The molecule has 112 valence electrons. The van der Waals surface area contributed by atoms with Crippen LogP contribution < -0.4 is 0 Å². The first-order valence-corrected chi connectivity index (χ1v) is 7.71. The van der Waals surface area contributed by atoms with Gasteiger partial charge in [-0.2, -0.15) is 0 Å². The van der Waals surface area contributed by atoms with Crippen LogP contribution >= 0.6 is 11.8 Å². The van der Waals surface area contributed by atoms with Crippen LogP contribution in [0.1, 0.15) is 27.6 Å². The van der Waals surface area contributed by atoms with Gasteiger partial charge in [-0.25, -0.2) is 9.59 Å². The Labute approximate surface area is 130 Å². The molecule has 22 heavy (non-hydrogen) atoms. The number of carbonyl (C=O) groups excluding carboxylic acids is 3. The third kappa shape index (κ3) is 2.46. The van der Waals surface area contributed by atoms with E-state index in [1.165, 1.54) is 11.8 Å². The van der Waals surface area contributed by atoms with Gasteiger partial charge in [0, 0.05) is 10.3 Å². The molecule has 0 saturated heterocycles. The van der Waals surface area contributed by atoms with Crippen molar-refractivity contribution in [1.29, 1.82) is 0 Å². The molecule has 0 spiro atoms. The molecule has 0 saturated carbocycles. The van der Waals surface area contributed by atoms with Gasteiger partial charge in [0.05, 0.1) is 23.5 Å². The number of hydrogen-bond acceptors (Lipinski definition) is 6. The maximum atomic E-state index is 11.8. The topological polar surface area (TPSA) is 69.7 Å². The van der Waals surface area contributed by atoms with Crippen molar-refractivity contribution in [2.75, 3.05) is 12.4 Å². The molecule has 5 nitrogen and oxygen atoms in total. The van der Waals surface area contributed by atoms with Gasteiger partial charge in [-0.15, -0.1) is 11.8 Å². The van der Waals surface area contributed by atoms with Gasteiger partial charge in [-0.05, 0) is 30.5 Å². The van der Waals surface area contributed by atoms with Crippen LogP contribution in [0.15, 0.2) is 35.2 Å². The van der Waals surface area contributed by atoms with Crippen LogP contribution in [-0.4, -0.2) is 30.3 Å². The number of hydrogen-bond donors (Lipinski definition) is 0. The summed E-state index contributed by atoms with van der Waals surface area (Å²) in [7, 11) is 0. The fourth-order valence-electron chi connectivity index (χ4n) is 2.38. The Morgan fingerprint density at radius 1 is 1.14 bits per heavy atom. The first kappa shape index (κ1) is 14.6. The molecule has 1 aliphatic heterocycles. The molecule has 0 unspecified atom stereocenters. The highest BCUT2D eigenvalue weighted by molar-refractivity contribution is 8.00. The average Bonchev–Trinajstić information content (AvgIpc) is 2.51. The summed E-state index contributed by atoms with van der Waals surface area (Å²) in [5, 5.41) is 1.34. The van der Waals surface area contributed by atoms with Crippen molar-refractivity contribution in [3.63, 3.8) is 0 Å². The third-order valence-electron chi connectivity index (χ3n) is 3.28. The SMILES string of the molecule is CCOC(=O)CSc1ccc2c3c(cccc13)C(=O)OC2=O. The van der Waals surface area contributed by atoms with E-state index in [2.05, 4.69) is 0 Å². The van der Waals surface area contributed by atoms with Gasteiger partial charge < -0.3 is 9.47 Å². The Balaban J connectivity index is 2.05. The van der Waals surface area contributed by atoms with Crippen LogP contribution in [0, 0.1) is 0 Å². The molecule has 0 radical (unpaired) electrons. The molecule has 2 aromatic rings. The summed E-state index contributed by atoms with van der Waals surface area (Å²) in [5.74, 6) is -1.42. The number of carbonyl (C=O) groups is 3. The molecule has 3 rings (SSSR count). The Morgan fingerprint density at radius 3 is 2.59 bits per heavy atom. The molecular weight excluding hydrogens is 304 g/mol. The first-order chi connectivity index (χ1) is 10.6. The van der Waals surface area contributed by atoms with E-state index >= 15 is 0 Å². The van der Waals surface area contributed by atoms with E-state index in [0.29, 0.717) is 23.1 Å². The van der Waals surface area contributed by atoms with Crippen LogP contribution in [0.5, 0.6) is 0 Å².